The van der Waals surface area contributed by atoms with Crippen molar-refractivity contribution in [3.63, 3.8) is 0 Å². The molecule has 1 aromatic carbocycles. The van der Waals surface area contributed by atoms with Crippen molar-refractivity contribution in [2.24, 2.45) is 11.7 Å². The van der Waals surface area contributed by atoms with Gasteiger partial charge in [-0.15, -0.1) is 0 Å². The van der Waals surface area contributed by atoms with Crippen LogP contribution in [0.15, 0.2) is 18.2 Å². The normalized spacial score (nSPS) is 13.8. The number of hydrogen-bond acceptors (Lipinski definition) is 2. The first-order chi connectivity index (χ1) is 8.20. The van der Waals surface area contributed by atoms with Crippen molar-refractivity contribution in [3.8, 4) is 11.8 Å². The molecule has 1 amide bonds. The number of anilines is 1. The molecule has 4 heteroatoms. The lowest BCUT2D eigenvalue weighted by Gasteiger charge is -2.04. The molecule has 0 radical (unpaired) electrons. The van der Waals surface area contributed by atoms with Gasteiger partial charge in [0.25, 0.3) is 0 Å². The van der Waals surface area contributed by atoms with Gasteiger partial charge in [0.2, 0.25) is 5.91 Å². The van der Waals surface area contributed by atoms with Gasteiger partial charge in [-0.3, -0.25) is 4.79 Å². The molecule has 0 aliphatic heterocycles. The van der Waals surface area contributed by atoms with Crippen LogP contribution in [0.5, 0.6) is 0 Å². The molecular weight excluding hydrogens is 219 g/mol. The fraction of sp³-hybridized carbons (Fsp3) is 0.308. The summed E-state index contributed by atoms with van der Waals surface area (Å²) in [6, 6.07) is 4.46. The molecule has 0 bridgehead atoms. The minimum atomic E-state index is -0.445. The Balaban J connectivity index is 2.09. The fourth-order valence-corrected chi connectivity index (χ4v) is 1.43. The Labute approximate surface area is 99.2 Å². The van der Waals surface area contributed by atoms with Crippen molar-refractivity contribution in [2.75, 3.05) is 11.9 Å². The van der Waals surface area contributed by atoms with E-state index >= 15 is 0 Å². The summed E-state index contributed by atoms with van der Waals surface area (Å²) in [5, 5.41) is 2.68. The maximum absolute atomic E-state index is 13.5. The van der Waals surface area contributed by atoms with Crippen LogP contribution >= 0.6 is 0 Å². The molecule has 1 aromatic rings. The van der Waals surface area contributed by atoms with Crippen LogP contribution in [-0.2, 0) is 4.79 Å². The third-order valence-corrected chi connectivity index (χ3v) is 2.51. The summed E-state index contributed by atoms with van der Waals surface area (Å²) in [7, 11) is 0. The lowest BCUT2D eigenvalue weighted by Crippen LogP contribution is -2.13. The van der Waals surface area contributed by atoms with Crippen LogP contribution in [0.25, 0.3) is 0 Å². The van der Waals surface area contributed by atoms with E-state index in [1.165, 1.54) is 6.07 Å². The first kappa shape index (κ1) is 11.6. The number of nitrogens with two attached hydrogens (primary N) is 1. The average molecular weight is 232 g/mol. The highest BCUT2D eigenvalue weighted by atomic mass is 19.1. The standard InChI is InChI=1S/C13H13FN2O/c14-12-8-11(16-13(17)10-3-4-10)6-5-9(12)2-1-7-15/h5-6,8,10H,3-4,7,15H2,(H,16,17). The molecule has 0 aromatic heterocycles. The van der Waals surface area contributed by atoms with Gasteiger partial charge in [-0.1, -0.05) is 11.8 Å². The Morgan fingerprint density at radius 1 is 1.53 bits per heavy atom. The van der Waals surface area contributed by atoms with Gasteiger partial charge in [0.1, 0.15) is 5.82 Å². The van der Waals surface area contributed by atoms with Crippen molar-refractivity contribution in [3.05, 3.63) is 29.6 Å². The van der Waals surface area contributed by atoms with Gasteiger partial charge in [-0.25, -0.2) is 4.39 Å². The molecule has 0 heterocycles. The third kappa shape index (κ3) is 3.05. The van der Waals surface area contributed by atoms with Crippen LogP contribution in [0.2, 0.25) is 0 Å². The van der Waals surface area contributed by atoms with Crippen LogP contribution in [0, 0.1) is 23.6 Å². The lowest BCUT2D eigenvalue weighted by atomic mass is 10.2. The van der Waals surface area contributed by atoms with Gasteiger partial charge in [-0.2, -0.15) is 0 Å². The number of carbonyl (C=O) groups excluding carboxylic acids is 1. The highest BCUT2D eigenvalue weighted by molar-refractivity contribution is 5.94. The predicted molar refractivity (Wildman–Crippen MR) is 63.7 cm³/mol. The summed E-state index contributed by atoms with van der Waals surface area (Å²) >= 11 is 0. The Kier molecular flexibility index (Phi) is 3.40. The minimum absolute atomic E-state index is 0.0369. The van der Waals surface area contributed by atoms with E-state index in [9.17, 15) is 9.18 Å². The van der Waals surface area contributed by atoms with Crippen molar-refractivity contribution in [2.45, 2.75) is 12.8 Å². The monoisotopic (exact) mass is 232 g/mol. The van der Waals surface area contributed by atoms with E-state index in [0.29, 0.717) is 11.3 Å². The number of rotatable bonds is 2. The second kappa shape index (κ2) is 4.98. The first-order valence-electron chi connectivity index (χ1n) is 5.50. The third-order valence-electron chi connectivity index (χ3n) is 2.51. The topological polar surface area (TPSA) is 55.1 Å². The van der Waals surface area contributed by atoms with E-state index in [4.69, 9.17) is 5.73 Å². The Morgan fingerprint density at radius 2 is 2.29 bits per heavy atom. The SMILES string of the molecule is NCC#Cc1ccc(NC(=O)C2CC2)cc1F. The van der Waals surface area contributed by atoms with Gasteiger partial charge in [0.15, 0.2) is 0 Å². The zero-order valence-corrected chi connectivity index (χ0v) is 9.29. The summed E-state index contributed by atoms with van der Waals surface area (Å²) in [5.74, 6) is 4.83. The molecule has 1 saturated carbocycles. The average Bonchev–Trinajstić information content (AvgIpc) is 3.11. The number of hydrogen-bond donors (Lipinski definition) is 2. The highest BCUT2D eigenvalue weighted by Crippen LogP contribution is 2.30. The summed E-state index contributed by atoms with van der Waals surface area (Å²) < 4.78 is 13.5. The number of carbonyl (C=O) groups is 1. The molecule has 1 fully saturated rings. The predicted octanol–water partition coefficient (Wildman–Crippen LogP) is 1.48. The Hall–Kier alpha value is -1.86. The minimum Gasteiger partial charge on any atom is -0.326 e. The molecule has 3 N–H and O–H groups in total. The molecule has 17 heavy (non-hydrogen) atoms. The van der Waals surface area contributed by atoms with E-state index in [0.717, 1.165) is 12.8 Å². The highest BCUT2D eigenvalue weighted by Gasteiger charge is 2.29. The lowest BCUT2D eigenvalue weighted by molar-refractivity contribution is -0.117. The number of amides is 1. The van der Waals surface area contributed by atoms with Crippen molar-refractivity contribution >= 4 is 11.6 Å². The first-order valence-corrected chi connectivity index (χ1v) is 5.50. The van der Waals surface area contributed by atoms with E-state index < -0.39 is 5.82 Å². The van der Waals surface area contributed by atoms with Crippen LogP contribution in [-0.4, -0.2) is 12.5 Å². The van der Waals surface area contributed by atoms with Crippen LogP contribution < -0.4 is 11.1 Å². The molecule has 0 atom stereocenters. The van der Waals surface area contributed by atoms with E-state index in [2.05, 4.69) is 17.2 Å². The maximum Gasteiger partial charge on any atom is 0.227 e. The van der Waals surface area contributed by atoms with Crippen molar-refractivity contribution in [1.82, 2.24) is 0 Å². The molecule has 0 spiro atoms. The summed E-state index contributed by atoms with van der Waals surface area (Å²) in [6.45, 7) is 0.194. The molecule has 0 unspecified atom stereocenters. The number of halogens is 1. The summed E-state index contributed by atoms with van der Waals surface area (Å²) in [6.07, 6.45) is 1.85. The molecular formula is C13H13FN2O. The van der Waals surface area contributed by atoms with Gasteiger partial charge in [0.05, 0.1) is 12.1 Å². The fourth-order valence-electron chi connectivity index (χ4n) is 1.43. The van der Waals surface area contributed by atoms with Gasteiger partial charge in [0, 0.05) is 11.6 Å². The van der Waals surface area contributed by atoms with Crippen LogP contribution in [0.3, 0.4) is 0 Å². The summed E-state index contributed by atoms with van der Waals surface area (Å²) in [5.41, 5.74) is 5.97. The number of benzene rings is 1. The smallest absolute Gasteiger partial charge is 0.227 e. The molecule has 2 rings (SSSR count). The second-order valence-corrected chi connectivity index (χ2v) is 3.96. The molecule has 3 nitrogen and oxygen atoms in total. The largest absolute Gasteiger partial charge is 0.326 e. The molecule has 1 aliphatic carbocycles. The maximum atomic E-state index is 13.5. The van der Waals surface area contributed by atoms with Crippen LogP contribution in [0.1, 0.15) is 18.4 Å². The second-order valence-electron chi connectivity index (χ2n) is 3.96. The van der Waals surface area contributed by atoms with Crippen molar-refractivity contribution in [1.29, 1.82) is 0 Å². The van der Waals surface area contributed by atoms with Gasteiger partial charge in [-0.05, 0) is 31.0 Å². The van der Waals surface area contributed by atoms with Crippen molar-refractivity contribution < 1.29 is 9.18 Å². The molecule has 0 saturated heterocycles. The Morgan fingerprint density at radius 3 is 2.88 bits per heavy atom. The van der Waals surface area contributed by atoms with E-state index in [-0.39, 0.29) is 18.4 Å². The Bertz CT molecular complexity index is 498. The molecule has 88 valence electrons. The van der Waals surface area contributed by atoms with E-state index in [1.807, 2.05) is 0 Å². The van der Waals surface area contributed by atoms with Gasteiger partial charge >= 0.3 is 0 Å². The van der Waals surface area contributed by atoms with Gasteiger partial charge < -0.3 is 11.1 Å². The van der Waals surface area contributed by atoms with Crippen LogP contribution in [0.4, 0.5) is 10.1 Å². The quantitative estimate of drug-likeness (QED) is 0.759. The molecule has 1 aliphatic rings. The number of nitrogens with one attached hydrogen (secondary N) is 1. The zero-order valence-electron chi connectivity index (χ0n) is 9.29. The zero-order chi connectivity index (χ0) is 12.3. The summed E-state index contributed by atoms with van der Waals surface area (Å²) in [4.78, 5) is 11.5. The van der Waals surface area contributed by atoms with E-state index in [1.54, 1.807) is 12.1 Å².